The molecule has 0 spiro atoms. The summed E-state index contributed by atoms with van der Waals surface area (Å²) in [7, 11) is 3.79. The van der Waals surface area contributed by atoms with E-state index >= 15 is 0 Å². The van der Waals surface area contributed by atoms with Gasteiger partial charge in [-0.15, -0.1) is 0 Å². The largest absolute Gasteiger partial charge is 0.465 e. The summed E-state index contributed by atoms with van der Waals surface area (Å²) in [5, 5.41) is 0.753. The van der Waals surface area contributed by atoms with Crippen LogP contribution in [0.25, 0.3) is 16.5 Å². The van der Waals surface area contributed by atoms with E-state index in [9.17, 15) is 14.4 Å². The van der Waals surface area contributed by atoms with Gasteiger partial charge >= 0.3 is 17.9 Å². The van der Waals surface area contributed by atoms with E-state index in [1.807, 2.05) is 0 Å². The molecule has 0 aliphatic carbocycles. The first-order valence-electron chi connectivity index (χ1n) is 7.26. The van der Waals surface area contributed by atoms with Gasteiger partial charge in [0, 0.05) is 22.0 Å². The number of carbonyl (C=O) groups excluding carboxylic acids is 3. The molecule has 0 fully saturated rings. The fourth-order valence-corrected chi connectivity index (χ4v) is 3.98. The lowest BCUT2D eigenvalue weighted by Crippen LogP contribution is -2.14. The van der Waals surface area contributed by atoms with Crippen molar-refractivity contribution in [3.63, 3.8) is 0 Å². The molecule has 1 aromatic carbocycles. The molecule has 2 aromatic rings. The highest BCUT2D eigenvalue weighted by atomic mass is 32.2. The number of allylic oxidation sites excluding steroid dienone is 1. The number of benzene rings is 1. The van der Waals surface area contributed by atoms with E-state index in [0.29, 0.717) is 15.3 Å². The molecule has 3 rings (SSSR count). The normalized spacial score (nSPS) is 13.0. The molecule has 1 aliphatic heterocycles. The van der Waals surface area contributed by atoms with Gasteiger partial charge in [-0.25, -0.2) is 14.4 Å². The molecule has 0 unspecified atom stereocenters. The smallest absolute Gasteiger partial charge is 0.344 e. The fraction of sp³-hybridized carbons (Fsp3) is 0.235. The summed E-state index contributed by atoms with van der Waals surface area (Å²) in [6.07, 6.45) is 1.69. The summed E-state index contributed by atoms with van der Waals surface area (Å²) in [6.45, 7) is 1.80. The number of rotatable bonds is 3. The molecule has 1 aromatic heterocycles. The molecule has 130 valence electrons. The van der Waals surface area contributed by atoms with Crippen LogP contribution in [0.15, 0.2) is 22.1 Å². The minimum absolute atomic E-state index is 0.0709. The van der Waals surface area contributed by atoms with Gasteiger partial charge < -0.3 is 19.2 Å². The predicted octanol–water partition coefficient (Wildman–Crippen LogP) is 2.75. The maximum atomic E-state index is 12.3. The molecule has 0 radical (unpaired) electrons. The highest BCUT2D eigenvalue weighted by molar-refractivity contribution is 8.04. The van der Waals surface area contributed by atoms with Crippen LogP contribution in [0.5, 0.6) is 0 Å². The standard InChI is InChI=1S/C17H15NO6S/c1-7-9-6-18-13-11(9)10(25-14(7)17(21)24-4)5-8(15(19)22-2)12(13)16(20)23-3/h5-6,18H,1-4H3. The molecule has 8 heteroatoms. The minimum Gasteiger partial charge on any atom is -0.465 e. The molecule has 0 saturated heterocycles. The molecular formula is C17H15NO6S. The summed E-state index contributed by atoms with van der Waals surface area (Å²) in [4.78, 5) is 40.6. The Morgan fingerprint density at radius 2 is 1.64 bits per heavy atom. The van der Waals surface area contributed by atoms with E-state index in [4.69, 9.17) is 14.2 Å². The zero-order valence-corrected chi connectivity index (χ0v) is 14.8. The third kappa shape index (κ3) is 2.49. The van der Waals surface area contributed by atoms with Crippen molar-refractivity contribution >= 4 is 46.1 Å². The Morgan fingerprint density at radius 1 is 1.00 bits per heavy atom. The van der Waals surface area contributed by atoms with Crippen LogP contribution in [0.2, 0.25) is 0 Å². The number of aromatic nitrogens is 1. The third-order valence-corrected chi connectivity index (χ3v) is 5.26. The van der Waals surface area contributed by atoms with Crippen LogP contribution in [0.1, 0.15) is 33.2 Å². The average Bonchev–Trinajstić information content (AvgIpc) is 3.08. The quantitative estimate of drug-likeness (QED) is 0.663. The van der Waals surface area contributed by atoms with Crippen molar-refractivity contribution in [2.24, 2.45) is 0 Å². The Balaban J connectivity index is 2.36. The van der Waals surface area contributed by atoms with E-state index in [2.05, 4.69) is 4.98 Å². The Bertz CT molecular complexity index is 956. The van der Waals surface area contributed by atoms with Gasteiger partial charge in [0.2, 0.25) is 0 Å². The number of H-pyrrole nitrogens is 1. The van der Waals surface area contributed by atoms with Gasteiger partial charge in [-0.3, -0.25) is 0 Å². The summed E-state index contributed by atoms with van der Waals surface area (Å²) < 4.78 is 14.4. The second kappa shape index (κ2) is 6.29. The number of ether oxygens (including phenoxy) is 3. The van der Waals surface area contributed by atoms with Crippen LogP contribution in [0.4, 0.5) is 0 Å². The number of carbonyl (C=O) groups is 3. The number of methoxy groups -OCH3 is 3. The number of hydrogen-bond donors (Lipinski definition) is 1. The molecule has 1 aliphatic rings. The zero-order chi connectivity index (χ0) is 18.3. The molecular weight excluding hydrogens is 346 g/mol. The number of thioether (sulfide) groups is 1. The van der Waals surface area contributed by atoms with Gasteiger partial charge in [-0.2, -0.15) is 0 Å². The first-order valence-corrected chi connectivity index (χ1v) is 8.08. The first kappa shape index (κ1) is 17.1. The van der Waals surface area contributed by atoms with Crippen LogP contribution in [0, 0.1) is 0 Å². The van der Waals surface area contributed by atoms with E-state index in [-0.39, 0.29) is 11.1 Å². The van der Waals surface area contributed by atoms with Crippen molar-refractivity contribution in [2.45, 2.75) is 11.8 Å². The van der Waals surface area contributed by atoms with E-state index in [1.54, 1.807) is 13.1 Å². The van der Waals surface area contributed by atoms with E-state index < -0.39 is 17.9 Å². The SMILES string of the molecule is COC(=O)C1=C(C)c2c[nH]c3c(C(=O)OC)c(C(=O)OC)cc(c23)S1. The van der Waals surface area contributed by atoms with Crippen molar-refractivity contribution in [1.29, 1.82) is 0 Å². The summed E-state index contributed by atoms with van der Waals surface area (Å²) >= 11 is 1.19. The predicted molar refractivity (Wildman–Crippen MR) is 91.4 cm³/mol. The van der Waals surface area contributed by atoms with Crippen LogP contribution in [-0.4, -0.2) is 44.2 Å². The first-order chi connectivity index (χ1) is 11.9. The van der Waals surface area contributed by atoms with Gasteiger partial charge in [0.25, 0.3) is 0 Å². The molecule has 0 atom stereocenters. The topological polar surface area (TPSA) is 94.7 Å². The zero-order valence-electron chi connectivity index (χ0n) is 14.0. The maximum Gasteiger partial charge on any atom is 0.344 e. The van der Waals surface area contributed by atoms with Crippen molar-refractivity contribution in [1.82, 2.24) is 4.98 Å². The van der Waals surface area contributed by atoms with Crippen molar-refractivity contribution in [3.8, 4) is 0 Å². The van der Waals surface area contributed by atoms with Gasteiger partial charge in [0.15, 0.2) is 0 Å². The molecule has 0 amide bonds. The minimum atomic E-state index is -0.666. The molecule has 1 N–H and O–H groups in total. The van der Waals surface area contributed by atoms with Gasteiger partial charge in [-0.1, -0.05) is 11.8 Å². The fourth-order valence-electron chi connectivity index (χ4n) is 2.84. The number of esters is 3. The molecule has 0 bridgehead atoms. The maximum absolute atomic E-state index is 12.3. The second-order valence-electron chi connectivity index (χ2n) is 5.28. The molecule has 25 heavy (non-hydrogen) atoms. The molecule has 2 heterocycles. The lowest BCUT2D eigenvalue weighted by Gasteiger charge is -2.18. The summed E-state index contributed by atoms with van der Waals surface area (Å²) in [5.41, 5.74) is 2.15. The van der Waals surface area contributed by atoms with Gasteiger partial charge in [0.05, 0.1) is 38.0 Å². The third-order valence-electron chi connectivity index (χ3n) is 4.04. The Hall–Kier alpha value is -2.74. The van der Waals surface area contributed by atoms with Crippen molar-refractivity contribution in [3.05, 3.63) is 33.9 Å². The lowest BCUT2D eigenvalue weighted by molar-refractivity contribution is -0.135. The van der Waals surface area contributed by atoms with Crippen molar-refractivity contribution < 1.29 is 28.6 Å². The number of hydrogen-bond acceptors (Lipinski definition) is 7. The van der Waals surface area contributed by atoms with Crippen LogP contribution in [0.3, 0.4) is 0 Å². The Labute approximate surface area is 147 Å². The van der Waals surface area contributed by atoms with Gasteiger partial charge in [-0.05, 0) is 18.6 Å². The second-order valence-corrected chi connectivity index (χ2v) is 6.33. The Morgan fingerprint density at radius 3 is 2.24 bits per heavy atom. The van der Waals surface area contributed by atoms with Crippen LogP contribution < -0.4 is 0 Å². The molecule has 0 saturated carbocycles. The van der Waals surface area contributed by atoms with Crippen LogP contribution in [-0.2, 0) is 19.0 Å². The van der Waals surface area contributed by atoms with E-state index in [0.717, 1.165) is 16.5 Å². The van der Waals surface area contributed by atoms with E-state index in [1.165, 1.54) is 39.2 Å². The summed E-state index contributed by atoms with van der Waals surface area (Å²) in [6, 6.07) is 1.54. The number of aromatic amines is 1. The molecule has 7 nitrogen and oxygen atoms in total. The van der Waals surface area contributed by atoms with Crippen molar-refractivity contribution in [2.75, 3.05) is 21.3 Å². The van der Waals surface area contributed by atoms with Gasteiger partial charge in [0.1, 0.15) is 4.91 Å². The summed E-state index contributed by atoms with van der Waals surface area (Å²) in [5.74, 6) is -1.77. The van der Waals surface area contributed by atoms with Crippen LogP contribution >= 0.6 is 11.8 Å². The monoisotopic (exact) mass is 361 g/mol. The highest BCUT2D eigenvalue weighted by Gasteiger charge is 2.31. The average molecular weight is 361 g/mol. The lowest BCUT2D eigenvalue weighted by atomic mass is 9.99. The Kier molecular flexibility index (Phi) is 4.30. The number of nitrogens with one attached hydrogen (secondary N) is 1. The highest BCUT2D eigenvalue weighted by Crippen LogP contribution is 2.47.